The predicted octanol–water partition coefficient (Wildman–Crippen LogP) is 3.33. The number of H-pyrrole nitrogens is 1. The van der Waals surface area contributed by atoms with Gasteiger partial charge in [-0.15, -0.1) is 10.2 Å². The Morgan fingerprint density at radius 3 is 2.61 bits per heavy atom. The van der Waals surface area contributed by atoms with Crippen LogP contribution in [-0.4, -0.2) is 33.6 Å². The molecule has 0 radical (unpaired) electrons. The first kappa shape index (κ1) is 17.7. The van der Waals surface area contributed by atoms with Crippen molar-refractivity contribution in [3.05, 3.63) is 78.1 Å². The molecule has 0 fully saturated rings. The molecular weight excluding hydrogens is 354 g/mol. The van der Waals surface area contributed by atoms with E-state index in [0.29, 0.717) is 12.2 Å². The first-order valence-electron chi connectivity index (χ1n) is 8.89. The number of ether oxygens (including phenoxy) is 1. The summed E-state index contributed by atoms with van der Waals surface area (Å²) in [6, 6.07) is 21.3. The van der Waals surface area contributed by atoms with Crippen molar-refractivity contribution >= 4 is 22.4 Å². The zero-order valence-electron chi connectivity index (χ0n) is 15.3. The van der Waals surface area contributed by atoms with E-state index < -0.39 is 5.92 Å². The number of carbonyl (C=O) groups is 1. The van der Waals surface area contributed by atoms with Crippen LogP contribution < -0.4 is 10.1 Å². The molecule has 4 rings (SSSR count). The molecule has 1 aromatic heterocycles. The largest absolute Gasteiger partial charge is 0.497 e. The fourth-order valence-electron chi connectivity index (χ4n) is 3.17. The van der Waals surface area contributed by atoms with Crippen LogP contribution in [0.1, 0.15) is 17.3 Å². The van der Waals surface area contributed by atoms with Crippen LogP contribution in [0, 0.1) is 0 Å². The minimum Gasteiger partial charge on any atom is -0.497 e. The second-order valence-corrected chi connectivity index (χ2v) is 6.39. The van der Waals surface area contributed by atoms with Crippen molar-refractivity contribution in [2.24, 2.45) is 0 Å². The number of tetrazole rings is 1. The number of aromatic nitrogens is 4. The van der Waals surface area contributed by atoms with Gasteiger partial charge in [-0.2, -0.15) is 5.21 Å². The highest BCUT2D eigenvalue weighted by Crippen LogP contribution is 2.26. The van der Waals surface area contributed by atoms with Gasteiger partial charge in [0.05, 0.1) is 7.11 Å². The number of amides is 1. The molecule has 7 heteroatoms. The fraction of sp³-hybridized carbons (Fsp3) is 0.143. The molecule has 0 aliphatic rings. The summed E-state index contributed by atoms with van der Waals surface area (Å²) >= 11 is 0. The van der Waals surface area contributed by atoms with Gasteiger partial charge < -0.3 is 10.1 Å². The zero-order chi connectivity index (χ0) is 19.3. The van der Waals surface area contributed by atoms with Crippen LogP contribution in [0.2, 0.25) is 0 Å². The summed E-state index contributed by atoms with van der Waals surface area (Å²) in [5, 5.41) is 19.2. The lowest BCUT2D eigenvalue weighted by Gasteiger charge is -2.15. The predicted molar refractivity (Wildman–Crippen MR) is 106 cm³/mol. The minimum absolute atomic E-state index is 0.187. The minimum atomic E-state index is -0.578. The van der Waals surface area contributed by atoms with Crippen molar-refractivity contribution in [3.8, 4) is 5.75 Å². The van der Waals surface area contributed by atoms with Crippen molar-refractivity contribution in [1.29, 1.82) is 0 Å². The van der Waals surface area contributed by atoms with Gasteiger partial charge in [0, 0.05) is 11.1 Å². The lowest BCUT2D eigenvalue weighted by atomic mass is 9.97. The van der Waals surface area contributed by atoms with E-state index >= 15 is 0 Å². The van der Waals surface area contributed by atoms with Crippen LogP contribution in [0.5, 0.6) is 5.75 Å². The van der Waals surface area contributed by atoms with E-state index in [4.69, 9.17) is 4.74 Å². The number of carbonyl (C=O) groups excluding carboxylic acids is 1. The molecule has 4 aromatic rings. The summed E-state index contributed by atoms with van der Waals surface area (Å²) in [4.78, 5) is 13.1. The summed E-state index contributed by atoms with van der Waals surface area (Å²) in [6.45, 7) is 0. The lowest BCUT2D eigenvalue weighted by molar-refractivity contribution is -0.117. The number of fused-ring (bicyclic) bond motifs is 1. The standard InChI is InChI=1S/C21H19N5O2/c1-28-16-11-9-14(10-12-16)13-18(20-23-25-26-24-20)21(27)22-19-8-4-6-15-5-2-3-7-17(15)19/h2-12,18H,13H2,1H3,(H,22,27)(H,23,24,25,26)/t18-/m1/s1. The number of hydrogen-bond donors (Lipinski definition) is 2. The summed E-state index contributed by atoms with van der Waals surface area (Å²) in [6.07, 6.45) is 0.445. The van der Waals surface area contributed by atoms with E-state index in [2.05, 4.69) is 25.9 Å². The first-order valence-corrected chi connectivity index (χ1v) is 8.89. The van der Waals surface area contributed by atoms with Gasteiger partial charge in [-0.3, -0.25) is 4.79 Å². The third-order valence-corrected chi connectivity index (χ3v) is 4.64. The Kier molecular flexibility index (Phi) is 4.97. The molecule has 1 heterocycles. The number of hydrogen-bond acceptors (Lipinski definition) is 5. The van der Waals surface area contributed by atoms with Crippen molar-refractivity contribution in [1.82, 2.24) is 20.6 Å². The Hall–Kier alpha value is -3.74. The Labute approximate surface area is 161 Å². The number of nitrogens with one attached hydrogen (secondary N) is 2. The fourth-order valence-corrected chi connectivity index (χ4v) is 3.17. The van der Waals surface area contributed by atoms with E-state index in [1.54, 1.807) is 7.11 Å². The van der Waals surface area contributed by atoms with Crippen LogP contribution in [0.25, 0.3) is 10.8 Å². The molecule has 0 unspecified atom stereocenters. The molecule has 1 amide bonds. The Morgan fingerprint density at radius 2 is 1.86 bits per heavy atom. The molecule has 0 spiro atoms. The molecule has 2 N–H and O–H groups in total. The van der Waals surface area contributed by atoms with E-state index in [0.717, 1.165) is 27.8 Å². The number of anilines is 1. The van der Waals surface area contributed by atoms with Crippen molar-refractivity contribution in [3.63, 3.8) is 0 Å². The molecule has 0 aliphatic heterocycles. The highest BCUT2D eigenvalue weighted by atomic mass is 16.5. The highest BCUT2D eigenvalue weighted by molar-refractivity contribution is 6.04. The van der Waals surface area contributed by atoms with Crippen molar-refractivity contribution in [2.75, 3.05) is 12.4 Å². The summed E-state index contributed by atoms with van der Waals surface area (Å²) < 4.78 is 5.19. The average Bonchev–Trinajstić information content (AvgIpc) is 3.27. The average molecular weight is 373 g/mol. The number of aromatic amines is 1. The summed E-state index contributed by atoms with van der Waals surface area (Å²) in [5.41, 5.74) is 1.73. The molecule has 7 nitrogen and oxygen atoms in total. The number of benzene rings is 3. The van der Waals surface area contributed by atoms with Gasteiger partial charge in [-0.25, -0.2) is 0 Å². The smallest absolute Gasteiger partial charge is 0.235 e. The van der Waals surface area contributed by atoms with E-state index in [1.807, 2.05) is 66.7 Å². The van der Waals surface area contributed by atoms with Crippen LogP contribution >= 0.6 is 0 Å². The van der Waals surface area contributed by atoms with Crippen LogP contribution in [-0.2, 0) is 11.2 Å². The molecule has 1 atom stereocenters. The summed E-state index contributed by atoms with van der Waals surface area (Å²) in [5.74, 6) is 0.355. The normalized spacial score (nSPS) is 11.9. The second-order valence-electron chi connectivity index (χ2n) is 6.39. The number of rotatable bonds is 6. The van der Waals surface area contributed by atoms with Gasteiger partial charge in [0.25, 0.3) is 0 Å². The maximum atomic E-state index is 13.1. The first-order chi connectivity index (χ1) is 13.7. The molecule has 28 heavy (non-hydrogen) atoms. The monoisotopic (exact) mass is 373 g/mol. The number of nitrogens with zero attached hydrogens (tertiary/aromatic N) is 3. The third kappa shape index (κ3) is 3.68. The second kappa shape index (κ2) is 7.87. The molecule has 0 saturated heterocycles. The number of methoxy groups -OCH3 is 1. The van der Waals surface area contributed by atoms with Gasteiger partial charge in [0.15, 0.2) is 5.82 Å². The SMILES string of the molecule is COc1ccc(C[C@@H](C(=O)Nc2cccc3ccccc23)c2nn[nH]n2)cc1. The van der Waals surface area contributed by atoms with Crippen LogP contribution in [0.15, 0.2) is 66.7 Å². The van der Waals surface area contributed by atoms with Crippen LogP contribution in [0.4, 0.5) is 5.69 Å². The summed E-state index contributed by atoms with van der Waals surface area (Å²) in [7, 11) is 1.62. The maximum Gasteiger partial charge on any atom is 0.235 e. The maximum absolute atomic E-state index is 13.1. The Morgan fingerprint density at radius 1 is 1.07 bits per heavy atom. The van der Waals surface area contributed by atoms with Crippen molar-refractivity contribution in [2.45, 2.75) is 12.3 Å². The lowest BCUT2D eigenvalue weighted by Crippen LogP contribution is -2.24. The molecular formula is C21H19N5O2. The zero-order valence-corrected chi connectivity index (χ0v) is 15.3. The van der Waals surface area contributed by atoms with Gasteiger partial charge in [-0.1, -0.05) is 53.7 Å². The topological polar surface area (TPSA) is 92.8 Å². The van der Waals surface area contributed by atoms with E-state index in [1.165, 1.54) is 0 Å². The molecule has 140 valence electrons. The van der Waals surface area contributed by atoms with Gasteiger partial charge in [-0.05, 0) is 35.6 Å². The van der Waals surface area contributed by atoms with Gasteiger partial charge >= 0.3 is 0 Å². The molecule has 0 bridgehead atoms. The Bertz CT molecular complexity index is 1070. The van der Waals surface area contributed by atoms with Crippen LogP contribution in [0.3, 0.4) is 0 Å². The van der Waals surface area contributed by atoms with Gasteiger partial charge in [0.2, 0.25) is 5.91 Å². The highest BCUT2D eigenvalue weighted by Gasteiger charge is 2.26. The quantitative estimate of drug-likeness (QED) is 0.541. The molecule has 0 saturated carbocycles. The Balaban J connectivity index is 1.61. The third-order valence-electron chi connectivity index (χ3n) is 4.64. The molecule has 0 aliphatic carbocycles. The van der Waals surface area contributed by atoms with Crippen molar-refractivity contribution < 1.29 is 9.53 Å². The van der Waals surface area contributed by atoms with E-state index in [9.17, 15) is 4.79 Å². The van der Waals surface area contributed by atoms with E-state index in [-0.39, 0.29) is 5.91 Å². The van der Waals surface area contributed by atoms with Gasteiger partial charge in [0.1, 0.15) is 11.7 Å². The molecule has 3 aromatic carbocycles.